The molecule has 10 nitrogen and oxygen atoms in total. The van der Waals surface area contributed by atoms with E-state index in [9.17, 15) is 14.4 Å². The van der Waals surface area contributed by atoms with E-state index in [0.29, 0.717) is 23.2 Å². The molecule has 0 saturated carbocycles. The van der Waals surface area contributed by atoms with Crippen LogP contribution < -0.4 is 5.32 Å². The molecule has 1 atom stereocenters. The number of hydroxylamine groups is 2. The summed E-state index contributed by atoms with van der Waals surface area (Å²) in [6.07, 6.45) is 1.18. The number of aromatic nitrogens is 3. The fraction of sp³-hybridized carbons (Fsp3) is 0.450. The number of nitrogens with one attached hydrogen (secondary N) is 1. The maximum atomic E-state index is 12.5. The van der Waals surface area contributed by atoms with Gasteiger partial charge in [-0.3, -0.25) is 14.4 Å². The molecule has 10 heteroatoms. The minimum Gasteiger partial charge on any atom is -0.444 e. The molecule has 1 aliphatic rings. The number of alkyl carbamates (subject to hydrolysis) is 1. The van der Waals surface area contributed by atoms with Crippen LogP contribution in [-0.2, 0) is 22.7 Å². The molecule has 0 spiro atoms. The highest BCUT2D eigenvalue weighted by Crippen LogP contribution is 2.24. The first-order chi connectivity index (χ1) is 14.2. The molecular formula is C20H25N5O5. The van der Waals surface area contributed by atoms with Crippen LogP contribution in [0.4, 0.5) is 4.79 Å². The number of fused-ring (bicyclic) bond motifs is 1. The largest absolute Gasteiger partial charge is 0.444 e. The minimum absolute atomic E-state index is 0.158. The van der Waals surface area contributed by atoms with Crippen LogP contribution in [0.5, 0.6) is 0 Å². The van der Waals surface area contributed by atoms with E-state index in [2.05, 4.69) is 15.6 Å². The molecule has 3 rings (SSSR count). The topological polar surface area (TPSA) is 116 Å². The van der Waals surface area contributed by atoms with Gasteiger partial charge >= 0.3 is 6.09 Å². The maximum Gasteiger partial charge on any atom is 0.407 e. The lowest BCUT2D eigenvalue weighted by atomic mass is 10.1. The van der Waals surface area contributed by atoms with Gasteiger partial charge in [0.1, 0.15) is 17.4 Å². The summed E-state index contributed by atoms with van der Waals surface area (Å²) in [5.74, 6) is -0.954. The number of amides is 3. The third-order valence-corrected chi connectivity index (χ3v) is 4.26. The van der Waals surface area contributed by atoms with Crippen molar-refractivity contribution >= 4 is 17.9 Å². The molecule has 1 aromatic heterocycles. The van der Waals surface area contributed by atoms with Crippen LogP contribution in [0.15, 0.2) is 30.5 Å². The number of imide groups is 1. The predicted molar refractivity (Wildman–Crippen MR) is 105 cm³/mol. The molecule has 1 aliphatic heterocycles. The zero-order valence-electron chi connectivity index (χ0n) is 17.4. The Hall–Kier alpha value is -3.27. The third-order valence-electron chi connectivity index (χ3n) is 4.26. The summed E-state index contributed by atoms with van der Waals surface area (Å²) in [5, 5.41) is 11.4. The molecular weight excluding hydrogens is 390 g/mol. The van der Waals surface area contributed by atoms with Crippen molar-refractivity contribution in [3.8, 4) is 0 Å². The highest BCUT2D eigenvalue weighted by atomic mass is 16.7. The average Bonchev–Trinajstić information content (AvgIpc) is 3.23. The van der Waals surface area contributed by atoms with Crippen LogP contribution >= 0.6 is 0 Å². The summed E-state index contributed by atoms with van der Waals surface area (Å²) in [4.78, 5) is 42.3. The first-order valence-corrected chi connectivity index (χ1v) is 9.68. The van der Waals surface area contributed by atoms with E-state index in [4.69, 9.17) is 9.57 Å². The highest BCUT2D eigenvalue weighted by Gasteiger charge is 2.37. The molecule has 30 heavy (non-hydrogen) atoms. The molecule has 1 unspecified atom stereocenters. The van der Waals surface area contributed by atoms with Gasteiger partial charge in [0.05, 0.1) is 30.4 Å². The maximum absolute atomic E-state index is 12.5. The van der Waals surface area contributed by atoms with Crippen LogP contribution in [0.1, 0.15) is 60.5 Å². The van der Waals surface area contributed by atoms with E-state index >= 15 is 0 Å². The Bertz CT molecular complexity index is 914. The van der Waals surface area contributed by atoms with Gasteiger partial charge in [0.25, 0.3) is 11.8 Å². The van der Waals surface area contributed by atoms with Gasteiger partial charge in [0.2, 0.25) is 0 Å². The number of benzene rings is 1. The van der Waals surface area contributed by atoms with Crippen molar-refractivity contribution in [3.63, 3.8) is 0 Å². The zero-order valence-corrected chi connectivity index (χ0v) is 17.4. The molecule has 2 heterocycles. The number of hydrogen-bond acceptors (Lipinski definition) is 7. The number of carbonyl (C=O) groups excluding carboxylic acids is 3. The van der Waals surface area contributed by atoms with Crippen molar-refractivity contribution in [2.75, 3.05) is 0 Å². The Morgan fingerprint density at radius 3 is 2.37 bits per heavy atom. The lowest BCUT2D eigenvalue weighted by Crippen LogP contribution is -2.36. The van der Waals surface area contributed by atoms with Crippen molar-refractivity contribution in [1.82, 2.24) is 25.4 Å². The lowest BCUT2D eigenvalue weighted by Gasteiger charge is -2.21. The Kier molecular flexibility index (Phi) is 6.16. The van der Waals surface area contributed by atoms with Crippen molar-refractivity contribution in [2.24, 2.45) is 0 Å². The summed E-state index contributed by atoms with van der Waals surface area (Å²) < 4.78 is 6.72. The van der Waals surface area contributed by atoms with Crippen LogP contribution in [0.25, 0.3) is 0 Å². The first-order valence-electron chi connectivity index (χ1n) is 9.68. The van der Waals surface area contributed by atoms with Gasteiger partial charge in [-0.05, 0) is 39.3 Å². The first kappa shape index (κ1) is 21.4. The second-order valence-corrected chi connectivity index (χ2v) is 7.87. The fourth-order valence-corrected chi connectivity index (χ4v) is 2.84. The van der Waals surface area contributed by atoms with Crippen molar-refractivity contribution in [3.05, 3.63) is 47.3 Å². The van der Waals surface area contributed by atoms with Gasteiger partial charge in [-0.2, -0.15) is 0 Å². The zero-order chi connectivity index (χ0) is 21.9. The summed E-state index contributed by atoms with van der Waals surface area (Å²) >= 11 is 0. The second-order valence-electron chi connectivity index (χ2n) is 7.87. The monoisotopic (exact) mass is 415 g/mol. The van der Waals surface area contributed by atoms with Crippen molar-refractivity contribution in [1.29, 1.82) is 0 Å². The van der Waals surface area contributed by atoms with E-state index in [0.717, 1.165) is 5.06 Å². The molecule has 0 saturated heterocycles. The van der Waals surface area contributed by atoms with E-state index in [1.807, 2.05) is 6.92 Å². The van der Waals surface area contributed by atoms with E-state index < -0.39 is 29.6 Å². The third kappa shape index (κ3) is 5.01. The number of carbonyl (C=O) groups is 3. The van der Waals surface area contributed by atoms with E-state index in [1.54, 1.807) is 55.9 Å². The molecule has 160 valence electrons. The van der Waals surface area contributed by atoms with Crippen molar-refractivity contribution < 1.29 is 24.0 Å². The predicted octanol–water partition coefficient (Wildman–Crippen LogP) is 2.31. The smallest absolute Gasteiger partial charge is 0.407 e. The standard InChI is InChI=1S/C20H25N5O5/c1-5-14(30-25-17(26)15-8-6-7-9-16(15)18(25)27)12-24-11-13(22-23-24)10-21-19(28)29-20(2,3)4/h6-9,11,14H,5,10,12H2,1-4H3,(H,21,28). The number of ether oxygens (including phenoxy) is 1. The van der Waals surface area contributed by atoms with Crippen LogP contribution in [0.2, 0.25) is 0 Å². The molecule has 0 fully saturated rings. The number of hydrogen-bond donors (Lipinski definition) is 1. The van der Waals surface area contributed by atoms with Gasteiger partial charge in [-0.25, -0.2) is 9.48 Å². The Labute approximate surface area is 174 Å². The summed E-state index contributed by atoms with van der Waals surface area (Å²) in [6.45, 7) is 7.66. The Morgan fingerprint density at radius 2 is 1.80 bits per heavy atom. The van der Waals surface area contributed by atoms with Crippen LogP contribution in [0.3, 0.4) is 0 Å². The average molecular weight is 415 g/mol. The quantitative estimate of drug-likeness (QED) is 0.690. The SMILES string of the molecule is CCC(Cn1cc(CNC(=O)OC(C)(C)C)nn1)ON1C(=O)c2ccccc2C1=O. The van der Waals surface area contributed by atoms with Gasteiger partial charge < -0.3 is 10.1 Å². The number of rotatable bonds is 7. The minimum atomic E-state index is -0.586. The van der Waals surface area contributed by atoms with Crippen LogP contribution in [0, 0.1) is 0 Å². The Morgan fingerprint density at radius 1 is 1.17 bits per heavy atom. The van der Waals surface area contributed by atoms with Gasteiger partial charge in [-0.15, -0.1) is 10.2 Å². The summed E-state index contributed by atoms with van der Waals surface area (Å²) in [5.41, 5.74) is 0.607. The summed E-state index contributed by atoms with van der Waals surface area (Å²) in [7, 11) is 0. The molecule has 1 N–H and O–H groups in total. The van der Waals surface area contributed by atoms with Crippen LogP contribution in [-0.4, -0.2) is 49.7 Å². The molecule has 3 amide bonds. The van der Waals surface area contributed by atoms with E-state index in [-0.39, 0.29) is 13.1 Å². The molecule has 0 bridgehead atoms. The van der Waals surface area contributed by atoms with Crippen molar-refractivity contribution in [2.45, 2.75) is 58.9 Å². The highest BCUT2D eigenvalue weighted by molar-refractivity contribution is 6.20. The molecule has 1 aromatic carbocycles. The van der Waals surface area contributed by atoms with E-state index in [1.165, 1.54) is 0 Å². The normalized spacial score (nSPS) is 14.6. The molecule has 0 radical (unpaired) electrons. The molecule has 2 aromatic rings. The second kappa shape index (κ2) is 8.62. The summed E-state index contributed by atoms with van der Waals surface area (Å²) in [6, 6.07) is 6.60. The van der Waals surface area contributed by atoms with Gasteiger partial charge in [0, 0.05) is 0 Å². The van der Waals surface area contributed by atoms with Gasteiger partial charge in [0.15, 0.2) is 0 Å². The Balaban J connectivity index is 1.56. The molecule has 0 aliphatic carbocycles. The number of nitrogens with zero attached hydrogens (tertiary/aromatic N) is 4. The van der Waals surface area contributed by atoms with Gasteiger partial charge in [-0.1, -0.05) is 24.3 Å². The lowest BCUT2D eigenvalue weighted by molar-refractivity contribution is -0.138. The fourth-order valence-electron chi connectivity index (χ4n) is 2.84.